The van der Waals surface area contributed by atoms with Gasteiger partial charge in [-0.2, -0.15) is 0 Å². The minimum absolute atomic E-state index is 0.120. The van der Waals surface area contributed by atoms with E-state index in [1.807, 2.05) is 23.2 Å². The molecule has 0 aliphatic carbocycles. The molecule has 0 saturated heterocycles. The van der Waals surface area contributed by atoms with Gasteiger partial charge in [0.15, 0.2) is 0 Å². The van der Waals surface area contributed by atoms with Crippen LogP contribution in [0, 0.1) is 0 Å². The fraction of sp³-hybridized carbons (Fsp3) is 0.500. The molecule has 3 N–H and O–H groups in total. The summed E-state index contributed by atoms with van der Waals surface area (Å²) in [5, 5.41) is 32.6. The van der Waals surface area contributed by atoms with Gasteiger partial charge in [0.25, 0.3) is 0 Å². The average Bonchev–Trinajstić information content (AvgIpc) is 3.15. The van der Waals surface area contributed by atoms with Gasteiger partial charge in [0, 0.05) is 12.3 Å². The Morgan fingerprint density at radius 2 is 1.84 bits per heavy atom. The molecule has 1 aromatic heterocycles. The first-order valence-electron chi connectivity index (χ1n) is 9.87. The minimum Gasteiger partial charge on any atom is -0.394 e. The van der Waals surface area contributed by atoms with Gasteiger partial charge in [0.05, 0.1) is 50.0 Å². The molecular formula is C20H30N5O5S+. The smallest absolute Gasteiger partial charge is 0.394 e. The maximum atomic E-state index is 11.9. The zero-order valence-electron chi connectivity index (χ0n) is 18.2. The topological polar surface area (TPSA) is 120 Å². The molecule has 1 heterocycles. The van der Waals surface area contributed by atoms with Gasteiger partial charge < -0.3 is 29.9 Å². The number of amides is 1. The molecule has 31 heavy (non-hydrogen) atoms. The van der Waals surface area contributed by atoms with Gasteiger partial charge in [-0.3, -0.25) is 4.79 Å². The molecule has 0 aliphatic rings. The van der Waals surface area contributed by atoms with Crippen molar-refractivity contribution in [2.24, 2.45) is 17.3 Å². The standard InChI is InChI=1S/C20H29N5O5S/c1-14(28)21-17-6-5-7-18(22-23-20-24(4)8-13-31-20)19(17)25(15(2)29-11-9-26)16(3)30-12-10-27/h5-8,13,15-16,26-27H,9-12H2,1-4H3/p+1. The second-order valence-corrected chi connectivity index (χ2v) is 7.52. The van der Waals surface area contributed by atoms with E-state index in [1.165, 1.54) is 18.3 Å². The Balaban J connectivity index is 2.57. The maximum Gasteiger partial charge on any atom is 0.408 e. The van der Waals surface area contributed by atoms with Crippen LogP contribution in [0.3, 0.4) is 0 Å². The van der Waals surface area contributed by atoms with Crippen LogP contribution in [-0.4, -0.2) is 55.0 Å². The zero-order chi connectivity index (χ0) is 22.8. The predicted molar refractivity (Wildman–Crippen MR) is 118 cm³/mol. The second kappa shape index (κ2) is 12.4. The number of anilines is 2. The summed E-state index contributed by atoms with van der Waals surface area (Å²) in [6.07, 6.45) is 0.806. The van der Waals surface area contributed by atoms with Gasteiger partial charge >= 0.3 is 5.13 Å². The number of para-hydroxylation sites is 1. The van der Waals surface area contributed by atoms with Crippen molar-refractivity contribution in [1.82, 2.24) is 0 Å². The Hall–Kier alpha value is -2.44. The number of thiazole rings is 1. The fourth-order valence-corrected chi connectivity index (χ4v) is 3.64. The van der Waals surface area contributed by atoms with Crippen LogP contribution >= 0.6 is 11.3 Å². The van der Waals surface area contributed by atoms with Crippen LogP contribution < -0.4 is 14.8 Å². The number of aliphatic hydroxyl groups excluding tert-OH is 2. The number of azo groups is 1. The monoisotopic (exact) mass is 452 g/mol. The first kappa shape index (κ1) is 24.8. The molecule has 0 bridgehead atoms. The van der Waals surface area contributed by atoms with E-state index in [1.54, 1.807) is 36.9 Å². The number of aliphatic hydroxyl groups is 2. The molecule has 1 amide bonds. The van der Waals surface area contributed by atoms with Crippen molar-refractivity contribution in [3.63, 3.8) is 0 Å². The van der Waals surface area contributed by atoms with E-state index in [2.05, 4.69) is 15.5 Å². The number of aromatic nitrogens is 1. The first-order valence-corrected chi connectivity index (χ1v) is 10.8. The number of nitrogens with zero attached hydrogens (tertiary/aromatic N) is 4. The fourth-order valence-electron chi connectivity index (χ4n) is 2.96. The number of hydrogen-bond acceptors (Lipinski definition) is 9. The van der Waals surface area contributed by atoms with E-state index in [9.17, 15) is 15.0 Å². The molecule has 0 saturated carbocycles. The van der Waals surface area contributed by atoms with Crippen molar-refractivity contribution in [2.45, 2.75) is 33.2 Å². The molecule has 2 aromatic rings. The lowest BCUT2D eigenvalue weighted by Crippen LogP contribution is -2.44. The summed E-state index contributed by atoms with van der Waals surface area (Å²) in [6, 6.07) is 5.31. The molecule has 2 atom stereocenters. The van der Waals surface area contributed by atoms with Gasteiger partial charge in [0.1, 0.15) is 24.3 Å². The van der Waals surface area contributed by atoms with Crippen LogP contribution in [0.4, 0.5) is 22.2 Å². The number of carbonyl (C=O) groups is 1. The molecule has 1 aromatic carbocycles. The third-order valence-electron chi connectivity index (χ3n) is 4.27. The predicted octanol–water partition coefficient (Wildman–Crippen LogP) is 2.46. The Labute approximate surface area is 185 Å². The van der Waals surface area contributed by atoms with E-state index >= 15 is 0 Å². The van der Waals surface area contributed by atoms with Crippen molar-refractivity contribution in [3.8, 4) is 0 Å². The van der Waals surface area contributed by atoms with Crippen LogP contribution in [0.1, 0.15) is 20.8 Å². The molecule has 0 radical (unpaired) electrons. The lowest BCUT2D eigenvalue weighted by Gasteiger charge is -2.37. The Bertz CT molecular complexity index is 861. The number of carbonyl (C=O) groups excluding carboxylic acids is 1. The SMILES string of the molecule is CC(=O)Nc1cccc(N=Nc2scc[n+]2C)c1N(C(C)OCCO)C(C)OCCO. The number of aryl methyl sites for hydroxylation is 1. The Morgan fingerprint density at radius 1 is 1.19 bits per heavy atom. The highest BCUT2D eigenvalue weighted by molar-refractivity contribution is 7.12. The number of benzene rings is 1. The van der Waals surface area contributed by atoms with Gasteiger partial charge in [0.2, 0.25) is 5.91 Å². The summed E-state index contributed by atoms with van der Waals surface area (Å²) in [5.74, 6) is -0.243. The van der Waals surface area contributed by atoms with Crippen LogP contribution in [0.2, 0.25) is 0 Å². The minimum atomic E-state index is -0.539. The molecule has 2 unspecified atom stereocenters. The zero-order valence-corrected chi connectivity index (χ0v) is 19.0. The van der Waals surface area contributed by atoms with E-state index in [0.717, 1.165) is 0 Å². The average molecular weight is 453 g/mol. The van der Waals surface area contributed by atoms with E-state index < -0.39 is 12.5 Å². The third kappa shape index (κ3) is 7.04. The van der Waals surface area contributed by atoms with Crippen molar-refractivity contribution in [3.05, 3.63) is 29.8 Å². The molecular weight excluding hydrogens is 422 g/mol. The van der Waals surface area contributed by atoms with Crippen molar-refractivity contribution in [2.75, 3.05) is 36.6 Å². The Kier molecular flexibility index (Phi) is 9.95. The molecule has 0 fully saturated rings. The van der Waals surface area contributed by atoms with Gasteiger partial charge in [-0.25, -0.2) is 4.57 Å². The van der Waals surface area contributed by atoms with E-state index in [4.69, 9.17) is 9.47 Å². The van der Waals surface area contributed by atoms with Crippen LogP contribution in [-0.2, 0) is 21.3 Å². The van der Waals surface area contributed by atoms with Crippen LogP contribution in [0.15, 0.2) is 40.0 Å². The lowest BCUT2D eigenvalue weighted by atomic mass is 10.2. The number of nitrogens with one attached hydrogen (secondary N) is 1. The lowest BCUT2D eigenvalue weighted by molar-refractivity contribution is -0.654. The molecule has 2 rings (SSSR count). The van der Waals surface area contributed by atoms with E-state index in [0.29, 0.717) is 22.2 Å². The molecule has 10 nitrogen and oxygen atoms in total. The number of hydrogen-bond donors (Lipinski definition) is 3. The maximum absolute atomic E-state index is 11.9. The summed E-state index contributed by atoms with van der Waals surface area (Å²) in [4.78, 5) is 13.6. The molecule has 11 heteroatoms. The Morgan fingerprint density at radius 3 is 2.35 bits per heavy atom. The highest BCUT2D eigenvalue weighted by Crippen LogP contribution is 2.40. The summed E-state index contributed by atoms with van der Waals surface area (Å²) in [7, 11) is 1.88. The summed E-state index contributed by atoms with van der Waals surface area (Å²) < 4.78 is 13.3. The largest absolute Gasteiger partial charge is 0.408 e. The molecule has 170 valence electrons. The van der Waals surface area contributed by atoms with Crippen molar-refractivity contribution in [1.29, 1.82) is 0 Å². The normalized spacial score (nSPS) is 13.4. The summed E-state index contributed by atoms with van der Waals surface area (Å²) >= 11 is 1.45. The van der Waals surface area contributed by atoms with Crippen molar-refractivity contribution < 1.29 is 29.0 Å². The van der Waals surface area contributed by atoms with Gasteiger partial charge in [-0.15, -0.1) is 0 Å². The first-order chi connectivity index (χ1) is 14.9. The van der Waals surface area contributed by atoms with Crippen molar-refractivity contribution >= 4 is 39.4 Å². The second-order valence-electron chi connectivity index (χ2n) is 6.65. The van der Waals surface area contributed by atoms with Gasteiger partial charge in [-0.05, 0) is 42.4 Å². The highest BCUT2D eigenvalue weighted by atomic mass is 32.1. The number of rotatable bonds is 12. The third-order valence-corrected chi connectivity index (χ3v) is 5.11. The van der Waals surface area contributed by atoms with Crippen LogP contribution in [0.25, 0.3) is 0 Å². The molecule has 0 aliphatic heterocycles. The number of ether oxygens (including phenoxy) is 2. The quantitative estimate of drug-likeness (QED) is 0.259. The molecule has 0 spiro atoms. The van der Waals surface area contributed by atoms with Gasteiger partial charge in [-0.1, -0.05) is 6.07 Å². The summed E-state index contributed by atoms with van der Waals surface area (Å²) in [6.45, 7) is 4.99. The van der Waals surface area contributed by atoms with E-state index in [-0.39, 0.29) is 32.3 Å². The van der Waals surface area contributed by atoms with Crippen LogP contribution in [0.5, 0.6) is 0 Å². The summed E-state index contributed by atoms with van der Waals surface area (Å²) in [5.41, 5.74) is 1.56. The highest BCUT2D eigenvalue weighted by Gasteiger charge is 2.28.